The maximum atomic E-state index is 6.66. The molecule has 2 unspecified atom stereocenters. The number of rotatable bonds is 9. The molecule has 2 atom stereocenters. The van der Waals surface area contributed by atoms with Crippen LogP contribution in [-0.4, -0.2) is 13.2 Å². The first-order chi connectivity index (χ1) is 10.2. The summed E-state index contributed by atoms with van der Waals surface area (Å²) < 4.78 is 11.6. The van der Waals surface area contributed by atoms with Crippen LogP contribution in [0, 0.1) is 11.8 Å². The minimum Gasteiger partial charge on any atom is -0.490 e. The fraction of sp³-hybridized carbons (Fsp3) is 0.667. The molecule has 1 saturated carbocycles. The molecule has 1 aromatic rings. The molecule has 0 heterocycles. The Balaban J connectivity index is 2.14. The molecule has 0 amide bonds. The number of hydrogen-bond donors (Lipinski definition) is 0. The van der Waals surface area contributed by atoms with E-state index in [0.29, 0.717) is 19.1 Å². The molecule has 0 radical (unpaired) electrons. The molecule has 3 heteroatoms. The van der Waals surface area contributed by atoms with E-state index in [1.165, 1.54) is 12.8 Å². The smallest absolute Gasteiger partial charge is 0.161 e. The molecule has 0 aliphatic heterocycles. The lowest BCUT2D eigenvalue weighted by molar-refractivity contribution is 0.268. The monoisotopic (exact) mass is 310 g/mol. The van der Waals surface area contributed by atoms with Crippen molar-refractivity contribution in [1.29, 1.82) is 0 Å². The fourth-order valence-electron chi connectivity index (χ4n) is 2.52. The molecule has 0 bridgehead atoms. The first kappa shape index (κ1) is 16.5. The second kappa shape index (κ2) is 7.93. The van der Waals surface area contributed by atoms with Gasteiger partial charge in [0.15, 0.2) is 11.5 Å². The van der Waals surface area contributed by atoms with Gasteiger partial charge in [-0.05, 0) is 55.2 Å². The summed E-state index contributed by atoms with van der Waals surface area (Å²) in [4.78, 5) is 0. The van der Waals surface area contributed by atoms with Gasteiger partial charge in [0.2, 0.25) is 0 Å². The highest BCUT2D eigenvalue weighted by Crippen LogP contribution is 2.46. The summed E-state index contributed by atoms with van der Waals surface area (Å²) in [6.45, 7) is 7.88. The summed E-state index contributed by atoms with van der Waals surface area (Å²) in [6.07, 6.45) is 4.62. The van der Waals surface area contributed by atoms with E-state index in [4.69, 9.17) is 21.1 Å². The summed E-state index contributed by atoms with van der Waals surface area (Å²) in [5, 5.41) is 0.0571. The van der Waals surface area contributed by atoms with Gasteiger partial charge >= 0.3 is 0 Å². The third kappa shape index (κ3) is 4.54. The molecule has 2 rings (SSSR count). The Labute approximate surface area is 133 Å². The number of halogens is 1. The van der Waals surface area contributed by atoms with Crippen LogP contribution in [0.15, 0.2) is 18.2 Å². The first-order valence-electron chi connectivity index (χ1n) is 8.21. The molecule has 118 valence electrons. The van der Waals surface area contributed by atoms with Crippen molar-refractivity contribution in [1.82, 2.24) is 0 Å². The van der Waals surface area contributed by atoms with Crippen molar-refractivity contribution < 1.29 is 9.47 Å². The van der Waals surface area contributed by atoms with Crippen molar-refractivity contribution in [2.24, 2.45) is 11.8 Å². The zero-order valence-corrected chi connectivity index (χ0v) is 14.2. The van der Waals surface area contributed by atoms with Gasteiger partial charge in [-0.3, -0.25) is 0 Å². The van der Waals surface area contributed by atoms with Crippen LogP contribution in [0.4, 0.5) is 0 Å². The van der Waals surface area contributed by atoms with Gasteiger partial charge in [-0.2, -0.15) is 0 Å². The maximum Gasteiger partial charge on any atom is 0.161 e. The van der Waals surface area contributed by atoms with Gasteiger partial charge < -0.3 is 9.47 Å². The van der Waals surface area contributed by atoms with Crippen molar-refractivity contribution >= 4 is 11.6 Å². The summed E-state index contributed by atoms with van der Waals surface area (Å²) >= 11 is 6.66. The highest BCUT2D eigenvalue weighted by Gasteiger charge is 2.33. The molecule has 0 saturated heterocycles. The lowest BCUT2D eigenvalue weighted by atomic mass is 9.96. The molecular weight excluding hydrogens is 284 g/mol. The molecule has 1 aliphatic carbocycles. The van der Waals surface area contributed by atoms with Crippen LogP contribution < -0.4 is 9.47 Å². The Bertz CT molecular complexity index is 443. The topological polar surface area (TPSA) is 18.5 Å². The Kier molecular flexibility index (Phi) is 6.22. The van der Waals surface area contributed by atoms with E-state index in [-0.39, 0.29) is 5.38 Å². The molecule has 1 aliphatic rings. The lowest BCUT2D eigenvalue weighted by Crippen LogP contribution is -2.07. The highest BCUT2D eigenvalue weighted by atomic mass is 35.5. The van der Waals surface area contributed by atoms with Crippen LogP contribution in [0.3, 0.4) is 0 Å². The standard InChI is InChI=1S/C18H27ClO2/c1-4-10-20-16-9-8-15(12-17(16)21-11-5-2)18(19)13(3)14-6-7-14/h8-9,12-14,18H,4-7,10-11H2,1-3H3. The second-order valence-corrected chi connectivity index (χ2v) is 6.47. The second-order valence-electron chi connectivity index (χ2n) is 6.00. The van der Waals surface area contributed by atoms with Crippen molar-refractivity contribution in [3.63, 3.8) is 0 Å². The summed E-state index contributed by atoms with van der Waals surface area (Å²) in [6, 6.07) is 6.16. The summed E-state index contributed by atoms with van der Waals surface area (Å²) in [5.41, 5.74) is 1.14. The van der Waals surface area contributed by atoms with E-state index in [2.05, 4.69) is 32.9 Å². The van der Waals surface area contributed by atoms with Gasteiger partial charge in [-0.25, -0.2) is 0 Å². The van der Waals surface area contributed by atoms with Gasteiger partial charge in [0.1, 0.15) is 0 Å². The van der Waals surface area contributed by atoms with Crippen molar-refractivity contribution in [3.05, 3.63) is 23.8 Å². The predicted molar refractivity (Wildman–Crippen MR) is 88.5 cm³/mol. The molecule has 0 aromatic heterocycles. The van der Waals surface area contributed by atoms with Crippen LogP contribution in [0.5, 0.6) is 11.5 Å². The fourth-order valence-corrected chi connectivity index (χ4v) is 2.86. The largest absolute Gasteiger partial charge is 0.490 e. The number of hydrogen-bond acceptors (Lipinski definition) is 2. The molecule has 0 N–H and O–H groups in total. The maximum absolute atomic E-state index is 6.66. The average Bonchev–Trinajstić information content (AvgIpc) is 3.34. The van der Waals surface area contributed by atoms with Gasteiger partial charge in [0.05, 0.1) is 18.6 Å². The molecule has 2 nitrogen and oxygen atoms in total. The highest BCUT2D eigenvalue weighted by molar-refractivity contribution is 6.21. The minimum absolute atomic E-state index is 0.0571. The Morgan fingerprint density at radius 1 is 1.10 bits per heavy atom. The Hall–Kier alpha value is -0.890. The zero-order chi connectivity index (χ0) is 15.2. The van der Waals surface area contributed by atoms with Gasteiger partial charge in [0, 0.05) is 0 Å². The van der Waals surface area contributed by atoms with E-state index in [9.17, 15) is 0 Å². The number of benzene rings is 1. The third-order valence-electron chi connectivity index (χ3n) is 4.04. The molecule has 1 aromatic carbocycles. The van der Waals surface area contributed by atoms with Crippen LogP contribution in [0.25, 0.3) is 0 Å². The van der Waals surface area contributed by atoms with E-state index in [1.807, 2.05) is 6.07 Å². The third-order valence-corrected chi connectivity index (χ3v) is 4.69. The molecular formula is C18H27ClO2. The Morgan fingerprint density at radius 2 is 1.71 bits per heavy atom. The van der Waals surface area contributed by atoms with E-state index < -0.39 is 0 Å². The first-order valence-corrected chi connectivity index (χ1v) is 8.64. The molecule has 1 fully saturated rings. The number of alkyl halides is 1. The number of ether oxygens (including phenoxy) is 2. The van der Waals surface area contributed by atoms with Gasteiger partial charge in [0.25, 0.3) is 0 Å². The van der Waals surface area contributed by atoms with E-state index in [1.54, 1.807) is 0 Å². The van der Waals surface area contributed by atoms with Crippen LogP contribution in [0.1, 0.15) is 57.4 Å². The molecule has 21 heavy (non-hydrogen) atoms. The van der Waals surface area contributed by atoms with Crippen LogP contribution >= 0.6 is 11.6 Å². The predicted octanol–water partition coefficient (Wildman–Crippen LogP) is 5.59. The van der Waals surface area contributed by atoms with E-state index >= 15 is 0 Å². The lowest BCUT2D eigenvalue weighted by Gasteiger charge is -2.20. The summed E-state index contributed by atoms with van der Waals surface area (Å²) in [5.74, 6) is 2.98. The van der Waals surface area contributed by atoms with Crippen molar-refractivity contribution in [3.8, 4) is 11.5 Å². The van der Waals surface area contributed by atoms with Crippen molar-refractivity contribution in [2.45, 2.75) is 51.8 Å². The van der Waals surface area contributed by atoms with Crippen LogP contribution in [-0.2, 0) is 0 Å². The molecule has 0 spiro atoms. The normalized spacial score (nSPS) is 17.3. The average molecular weight is 311 g/mol. The van der Waals surface area contributed by atoms with Gasteiger partial charge in [-0.15, -0.1) is 11.6 Å². The zero-order valence-electron chi connectivity index (χ0n) is 13.4. The van der Waals surface area contributed by atoms with Crippen LogP contribution in [0.2, 0.25) is 0 Å². The SMILES string of the molecule is CCCOc1ccc(C(Cl)C(C)C2CC2)cc1OCCC. The quantitative estimate of drug-likeness (QED) is 0.553. The minimum atomic E-state index is 0.0571. The summed E-state index contributed by atoms with van der Waals surface area (Å²) in [7, 11) is 0. The van der Waals surface area contributed by atoms with E-state index in [0.717, 1.165) is 35.8 Å². The van der Waals surface area contributed by atoms with Crippen molar-refractivity contribution in [2.75, 3.05) is 13.2 Å². The Morgan fingerprint density at radius 3 is 2.29 bits per heavy atom. The van der Waals surface area contributed by atoms with Gasteiger partial charge in [-0.1, -0.05) is 26.8 Å².